The van der Waals surface area contributed by atoms with E-state index < -0.39 is 10.0 Å². The summed E-state index contributed by atoms with van der Waals surface area (Å²) in [4.78, 5) is 2.31. The van der Waals surface area contributed by atoms with Gasteiger partial charge in [0.05, 0.1) is 7.11 Å². The summed E-state index contributed by atoms with van der Waals surface area (Å²) in [6.45, 7) is 9.16. The molecule has 1 aromatic carbocycles. The summed E-state index contributed by atoms with van der Waals surface area (Å²) in [5.41, 5.74) is 1.35. The molecule has 7 nitrogen and oxygen atoms in total. The lowest BCUT2D eigenvalue weighted by molar-refractivity contribution is 0.219. The van der Waals surface area contributed by atoms with Gasteiger partial charge < -0.3 is 9.26 Å². The highest BCUT2D eigenvalue weighted by Gasteiger charge is 2.27. The Labute approximate surface area is 155 Å². The van der Waals surface area contributed by atoms with E-state index in [0.29, 0.717) is 5.69 Å². The van der Waals surface area contributed by atoms with Crippen molar-refractivity contribution < 1.29 is 17.7 Å². The molecule has 0 saturated carbocycles. The van der Waals surface area contributed by atoms with Gasteiger partial charge in [0, 0.05) is 12.6 Å². The number of aryl methyl sites for hydroxylation is 2. The maximum atomic E-state index is 12.7. The number of nitrogens with one attached hydrogen (secondary N) is 1. The molecule has 2 aromatic rings. The Hall–Kier alpha value is -1.90. The minimum atomic E-state index is -3.71. The van der Waals surface area contributed by atoms with Crippen LogP contribution in [0.25, 0.3) is 0 Å². The van der Waals surface area contributed by atoms with Gasteiger partial charge in [0.25, 0.3) is 0 Å². The maximum Gasteiger partial charge on any atom is 0.246 e. The van der Waals surface area contributed by atoms with Crippen LogP contribution in [0.5, 0.6) is 5.75 Å². The average molecular weight is 381 g/mol. The lowest BCUT2D eigenvalue weighted by atomic mass is 10.0. The molecule has 2 rings (SSSR count). The van der Waals surface area contributed by atoms with E-state index >= 15 is 0 Å². The highest BCUT2D eigenvalue weighted by molar-refractivity contribution is 7.89. The van der Waals surface area contributed by atoms with Gasteiger partial charge in [-0.05, 0) is 44.6 Å². The Morgan fingerprint density at radius 3 is 2.50 bits per heavy atom. The number of aromatic nitrogens is 1. The maximum absolute atomic E-state index is 12.7. The summed E-state index contributed by atoms with van der Waals surface area (Å²) >= 11 is 0. The van der Waals surface area contributed by atoms with E-state index in [0.717, 1.165) is 24.4 Å². The van der Waals surface area contributed by atoms with Crippen LogP contribution < -0.4 is 9.46 Å². The molecule has 1 N–H and O–H groups in total. The second kappa shape index (κ2) is 8.66. The summed E-state index contributed by atoms with van der Waals surface area (Å²) in [6.07, 6.45) is 0. The molecular formula is C18H27N3O4S. The highest BCUT2D eigenvalue weighted by atomic mass is 32.2. The molecule has 0 unspecified atom stereocenters. The quantitative estimate of drug-likeness (QED) is 0.719. The number of likely N-dealkylation sites (N-methyl/N-ethyl adjacent to an activating group) is 1. The molecule has 1 atom stereocenters. The van der Waals surface area contributed by atoms with E-state index in [1.807, 2.05) is 24.3 Å². The Balaban J connectivity index is 2.30. The summed E-state index contributed by atoms with van der Waals surface area (Å²) in [6, 6.07) is 7.59. The third kappa shape index (κ3) is 4.44. The van der Waals surface area contributed by atoms with Crippen molar-refractivity contribution in [2.24, 2.45) is 0 Å². The lowest BCUT2D eigenvalue weighted by Gasteiger charge is -2.30. The van der Waals surface area contributed by atoms with Gasteiger partial charge in [-0.1, -0.05) is 31.1 Å². The first kappa shape index (κ1) is 20.4. The Morgan fingerprint density at radius 2 is 1.96 bits per heavy atom. The fourth-order valence-electron chi connectivity index (χ4n) is 3.09. The molecule has 26 heavy (non-hydrogen) atoms. The van der Waals surface area contributed by atoms with Gasteiger partial charge in [-0.2, -0.15) is 0 Å². The molecular weight excluding hydrogens is 354 g/mol. The van der Waals surface area contributed by atoms with Gasteiger partial charge in [0.1, 0.15) is 16.3 Å². The fourth-order valence-corrected chi connectivity index (χ4v) is 4.45. The summed E-state index contributed by atoms with van der Waals surface area (Å²) in [7, 11) is -2.09. The number of hydrogen-bond donors (Lipinski definition) is 1. The Morgan fingerprint density at radius 1 is 1.27 bits per heavy atom. The molecule has 0 amide bonds. The monoisotopic (exact) mass is 381 g/mol. The molecule has 1 heterocycles. The first-order valence-corrected chi connectivity index (χ1v) is 10.1. The summed E-state index contributed by atoms with van der Waals surface area (Å²) in [5, 5.41) is 3.74. The molecule has 0 radical (unpaired) electrons. The first-order chi connectivity index (χ1) is 12.3. The van der Waals surface area contributed by atoms with Crippen LogP contribution in [0.3, 0.4) is 0 Å². The van der Waals surface area contributed by atoms with E-state index in [-0.39, 0.29) is 23.2 Å². The number of ether oxygens (including phenoxy) is 1. The Bertz CT molecular complexity index is 809. The van der Waals surface area contributed by atoms with E-state index in [2.05, 4.69) is 28.6 Å². The second-order valence-corrected chi connectivity index (χ2v) is 7.72. The Kier molecular flexibility index (Phi) is 6.80. The van der Waals surface area contributed by atoms with Crippen LogP contribution in [0.1, 0.15) is 36.9 Å². The number of rotatable bonds is 9. The minimum Gasteiger partial charge on any atom is -0.497 e. The van der Waals surface area contributed by atoms with E-state index in [1.165, 1.54) is 0 Å². The van der Waals surface area contributed by atoms with Crippen LogP contribution in [0.15, 0.2) is 33.7 Å². The third-order valence-corrected chi connectivity index (χ3v) is 6.10. The zero-order chi connectivity index (χ0) is 19.3. The van der Waals surface area contributed by atoms with Crippen molar-refractivity contribution in [1.82, 2.24) is 14.8 Å². The van der Waals surface area contributed by atoms with Crippen molar-refractivity contribution in [3.8, 4) is 5.75 Å². The van der Waals surface area contributed by atoms with E-state index in [1.54, 1.807) is 21.0 Å². The van der Waals surface area contributed by atoms with Crippen LogP contribution in [0.2, 0.25) is 0 Å². The smallest absolute Gasteiger partial charge is 0.246 e. The van der Waals surface area contributed by atoms with Gasteiger partial charge in [0.2, 0.25) is 10.0 Å². The number of benzene rings is 1. The standard InChI is InChI=1S/C18H27N3O4S/c1-6-21(7-2)17(15-9-8-10-16(11-15)24-5)12-19-26(22,23)18-13(3)20-25-14(18)4/h8-11,17,19H,6-7,12H2,1-5H3/t17-/m0/s1. The van der Waals surface area contributed by atoms with Gasteiger partial charge >= 0.3 is 0 Å². The summed E-state index contributed by atoms with van der Waals surface area (Å²) < 4.78 is 38.5. The van der Waals surface area contributed by atoms with Crippen molar-refractivity contribution in [2.45, 2.75) is 38.6 Å². The van der Waals surface area contributed by atoms with Crippen molar-refractivity contribution in [3.63, 3.8) is 0 Å². The highest BCUT2D eigenvalue weighted by Crippen LogP contribution is 2.25. The minimum absolute atomic E-state index is 0.112. The van der Waals surface area contributed by atoms with E-state index in [9.17, 15) is 8.42 Å². The van der Waals surface area contributed by atoms with Gasteiger partial charge in [0.15, 0.2) is 5.76 Å². The molecule has 0 aliphatic rings. The molecule has 0 aliphatic carbocycles. The zero-order valence-corrected chi connectivity index (χ0v) is 16.8. The van der Waals surface area contributed by atoms with Crippen molar-refractivity contribution in [1.29, 1.82) is 0 Å². The molecule has 0 saturated heterocycles. The lowest BCUT2D eigenvalue weighted by Crippen LogP contribution is -2.38. The summed E-state index contributed by atoms with van der Waals surface area (Å²) in [5.74, 6) is 1.03. The van der Waals surface area contributed by atoms with Gasteiger partial charge in [-0.3, -0.25) is 4.90 Å². The van der Waals surface area contributed by atoms with Crippen LogP contribution in [-0.2, 0) is 10.0 Å². The number of nitrogens with zero attached hydrogens (tertiary/aromatic N) is 2. The van der Waals surface area contributed by atoms with Crippen LogP contribution in [0.4, 0.5) is 0 Å². The van der Waals surface area contributed by atoms with Gasteiger partial charge in [-0.25, -0.2) is 13.1 Å². The van der Waals surface area contributed by atoms with Crippen LogP contribution in [-0.4, -0.2) is 45.2 Å². The predicted molar refractivity (Wildman–Crippen MR) is 99.8 cm³/mol. The van der Waals surface area contributed by atoms with Crippen molar-refractivity contribution >= 4 is 10.0 Å². The molecule has 144 valence electrons. The first-order valence-electron chi connectivity index (χ1n) is 8.64. The number of sulfonamides is 1. The normalized spacial score (nSPS) is 13.2. The molecule has 0 spiro atoms. The van der Waals surface area contributed by atoms with E-state index in [4.69, 9.17) is 9.26 Å². The van der Waals surface area contributed by atoms with Crippen LogP contribution >= 0.6 is 0 Å². The van der Waals surface area contributed by atoms with Gasteiger partial charge in [-0.15, -0.1) is 0 Å². The number of methoxy groups -OCH3 is 1. The van der Waals surface area contributed by atoms with Crippen molar-refractivity contribution in [3.05, 3.63) is 41.3 Å². The molecule has 0 bridgehead atoms. The average Bonchev–Trinajstić information content (AvgIpc) is 2.97. The van der Waals surface area contributed by atoms with Crippen LogP contribution in [0, 0.1) is 13.8 Å². The fraction of sp³-hybridized carbons (Fsp3) is 0.500. The molecule has 0 fully saturated rings. The molecule has 0 aliphatic heterocycles. The SMILES string of the molecule is CCN(CC)[C@@H](CNS(=O)(=O)c1c(C)noc1C)c1cccc(OC)c1. The second-order valence-electron chi connectivity index (χ2n) is 6.02. The largest absolute Gasteiger partial charge is 0.497 e. The molecule has 8 heteroatoms. The van der Waals surface area contributed by atoms with Crippen molar-refractivity contribution in [2.75, 3.05) is 26.7 Å². The zero-order valence-electron chi connectivity index (χ0n) is 15.9. The predicted octanol–water partition coefficient (Wildman–Crippen LogP) is 2.66. The number of hydrogen-bond acceptors (Lipinski definition) is 6. The topological polar surface area (TPSA) is 84.7 Å². The molecule has 1 aromatic heterocycles. The third-order valence-electron chi connectivity index (χ3n) is 4.44.